The minimum atomic E-state index is -0.574. The van der Waals surface area contributed by atoms with Crippen molar-refractivity contribution in [2.45, 2.75) is 25.7 Å². The number of Topliss-reactive ketones (excluding diaryl/α,β-unsaturated/α-hetero) is 1. The van der Waals surface area contributed by atoms with Crippen molar-refractivity contribution in [2.75, 3.05) is 0 Å². The largest absolute Gasteiger partial charge is 0.299 e. The molecule has 1 nitrogen and oxygen atoms in total. The molecule has 1 aromatic carbocycles. The minimum Gasteiger partial charge on any atom is -0.299 e. The summed E-state index contributed by atoms with van der Waals surface area (Å²) in [6.07, 6.45) is 1.19. The molecule has 2 unspecified atom stereocenters. The van der Waals surface area contributed by atoms with Gasteiger partial charge in [-0.15, -0.1) is 0 Å². The number of rotatable bonds is 3. The zero-order chi connectivity index (χ0) is 11.0. The molecule has 0 radical (unpaired) electrons. The molecule has 1 saturated carbocycles. The second kappa shape index (κ2) is 3.72. The van der Waals surface area contributed by atoms with Gasteiger partial charge in [-0.1, -0.05) is 13.0 Å². The van der Waals surface area contributed by atoms with Gasteiger partial charge < -0.3 is 0 Å². The first-order valence-corrected chi connectivity index (χ1v) is 5.11. The van der Waals surface area contributed by atoms with Crippen molar-refractivity contribution >= 4 is 5.78 Å². The van der Waals surface area contributed by atoms with Crippen LogP contribution in [0.3, 0.4) is 0 Å². The Balaban J connectivity index is 2.16. The fourth-order valence-corrected chi connectivity index (χ4v) is 1.96. The van der Waals surface area contributed by atoms with E-state index in [1.54, 1.807) is 6.92 Å². The van der Waals surface area contributed by atoms with E-state index in [-0.39, 0.29) is 17.6 Å². The molecule has 15 heavy (non-hydrogen) atoms. The molecule has 1 aliphatic rings. The van der Waals surface area contributed by atoms with Gasteiger partial charge in [0.1, 0.15) is 17.4 Å². The molecule has 2 rings (SSSR count). The van der Waals surface area contributed by atoms with Crippen molar-refractivity contribution in [3.05, 3.63) is 35.4 Å². The maximum absolute atomic E-state index is 13.3. The van der Waals surface area contributed by atoms with E-state index in [1.165, 1.54) is 12.1 Å². The summed E-state index contributed by atoms with van der Waals surface area (Å²) in [7, 11) is 0. The summed E-state index contributed by atoms with van der Waals surface area (Å²) in [4.78, 5) is 11.3. The van der Waals surface area contributed by atoms with Crippen molar-refractivity contribution in [1.82, 2.24) is 0 Å². The van der Waals surface area contributed by atoms with Crippen LogP contribution in [0.2, 0.25) is 0 Å². The van der Waals surface area contributed by atoms with Gasteiger partial charge in [0.15, 0.2) is 0 Å². The molecular weight excluding hydrogens is 198 g/mol. The highest BCUT2D eigenvalue weighted by atomic mass is 19.1. The Labute approximate surface area is 87.1 Å². The zero-order valence-electron chi connectivity index (χ0n) is 8.47. The summed E-state index contributed by atoms with van der Waals surface area (Å²) in [6.45, 7) is 1.80. The van der Waals surface area contributed by atoms with Crippen LogP contribution in [-0.2, 0) is 4.79 Å². The van der Waals surface area contributed by atoms with E-state index in [0.29, 0.717) is 18.4 Å². The van der Waals surface area contributed by atoms with Crippen molar-refractivity contribution in [3.8, 4) is 0 Å². The van der Waals surface area contributed by atoms with Gasteiger partial charge in [0.05, 0.1) is 0 Å². The van der Waals surface area contributed by atoms with Crippen LogP contribution in [0.5, 0.6) is 0 Å². The quantitative estimate of drug-likeness (QED) is 0.749. The molecule has 0 N–H and O–H groups in total. The van der Waals surface area contributed by atoms with E-state index in [1.807, 2.05) is 0 Å². The Hall–Kier alpha value is -1.25. The second-order valence-corrected chi connectivity index (χ2v) is 3.93. The van der Waals surface area contributed by atoms with Gasteiger partial charge in [-0.2, -0.15) is 0 Å². The van der Waals surface area contributed by atoms with Crippen molar-refractivity contribution in [3.63, 3.8) is 0 Å². The van der Waals surface area contributed by atoms with Crippen LogP contribution in [-0.4, -0.2) is 5.78 Å². The standard InChI is InChI=1S/C12H12F2O/c1-2-12(15)10-6-9(10)8-4-3-7(13)5-11(8)14/h3-5,9-10H,2,6H2,1H3. The topological polar surface area (TPSA) is 17.1 Å². The Morgan fingerprint density at radius 1 is 1.47 bits per heavy atom. The van der Waals surface area contributed by atoms with E-state index in [4.69, 9.17) is 0 Å². The Morgan fingerprint density at radius 2 is 2.20 bits per heavy atom. The monoisotopic (exact) mass is 210 g/mol. The maximum atomic E-state index is 13.3. The lowest BCUT2D eigenvalue weighted by molar-refractivity contribution is -0.120. The van der Waals surface area contributed by atoms with Gasteiger partial charge in [-0.05, 0) is 24.0 Å². The first kappa shape index (κ1) is 10.3. The summed E-state index contributed by atoms with van der Waals surface area (Å²) >= 11 is 0. The van der Waals surface area contributed by atoms with Crippen LogP contribution in [0.15, 0.2) is 18.2 Å². The van der Waals surface area contributed by atoms with Crippen LogP contribution >= 0.6 is 0 Å². The summed E-state index contributed by atoms with van der Waals surface area (Å²) < 4.78 is 26.0. The van der Waals surface area contributed by atoms with Gasteiger partial charge in [-0.3, -0.25) is 4.79 Å². The third-order valence-electron chi connectivity index (χ3n) is 2.91. The fourth-order valence-electron chi connectivity index (χ4n) is 1.96. The van der Waals surface area contributed by atoms with Gasteiger partial charge in [0, 0.05) is 18.4 Å². The first-order valence-electron chi connectivity index (χ1n) is 5.11. The van der Waals surface area contributed by atoms with Crippen molar-refractivity contribution in [2.24, 2.45) is 5.92 Å². The maximum Gasteiger partial charge on any atom is 0.136 e. The lowest BCUT2D eigenvalue weighted by Gasteiger charge is -2.01. The Morgan fingerprint density at radius 3 is 2.80 bits per heavy atom. The van der Waals surface area contributed by atoms with Crippen LogP contribution in [0.25, 0.3) is 0 Å². The van der Waals surface area contributed by atoms with E-state index in [0.717, 1.165) is 6.07 Å². The second-order valence-electron chi connectivity index (χ2n) is 3.93. The zero-order valence-corrected chi connectivity index (χ0v) is 8.47. The van der Waals surface area contributed by atoms with Gasteiger partial charge >= 0.3 is 0 Å². The third-order valence-corrected chi connectivity index (χ3v) is 2.91. The fraction of sp³-hybridized carbons (Fsp3) is 0.417. The predicted molar refractivity (Wildman–Crippen MR) is 52.5 cm³/mol. The molecule has 0 heterocycles. The highest BCUT2D eigenvalue weighted by Crippen LogP contribution is 2.49. The highest BCUT2D eigenvalue weighted by molar-refractivity contribution is 5.84. The number of carbonyl (C=O) groups excluding carboxylic acids is 1. The van der Waals surface area contributed by atoms with Crippen LogP contribution in [0.4, 0.5) is 8.78 Å². The summed E-state index contributed by atoms with van der Waals surface area (Å²) in [5, 5.41) is 0. The van der Waals surface area contributed by atoms with Crippen molar-refractivity contribution in [1.29, 1.82) is 0 Å². The van der Waals surface area contributed by atoms with Crippen LogP contribution < -0.4 is 0 Å². The molecular formula is C12H12F2O. The smallest absolute Gasteiger partial charge is 0.136 e. The molecule has 3 heteroatoms. The van der Waals surface area contributed by atoms with Crippen LogP contribution in [0.1, 0.15) is 31.2 Å². The number of benzene rings is 1. The van der Waals surface area contributed by atoms with E-state index >= 15 is 0 Å². The molecule has 0 aromatic heterocycles. The summed E-state index contributed by atoms with van der Waals surface area (Å²) in [5.41, 5.74) is 0.475. The third kappa shape index (κ3) is 1.91. The van der Waals surface area contributed by atoms with E-state index < -0.39 is 11.6 Å². The summed E-state index contributed by atoms with van der Waals surface area (Å²) in [6, 6.07) is 3.56. The lowest BCUT2D eigenvalue weighted by atomic mass is 10.1. The van der Waals surface area contributed by atoms with Crippen LogP contribution in [0, 0.1) is 17.6 Å². The molecule has 0 amide bonds. The molecule has 0 bridgehead atoms. The molecule has 0 aliphatic heterocycles. The van der Waals surface area contributed by atoms with E-state index in [2.05, 4.69) is 0 Å². The Bertz CT molecular complexity index is 401. The predicted octanol–water partition coefficient (Wildman–Crippen LogP) is 3.05. The normalized spacial score (nSPS) is 23.9. The first-order chi connectivity index (χ1) is 7.13. The van der Waals surface area contributed by atoms with Gasteiger partial charge in [0.2, 0.25) is 0 Å². The number of ketones is 1. The highest BCUT2D eigenvalue weighted by Gasteiger charge is 2.43. The van der Waals surface area contributed by atoms with E-state index in [9.17, 15) is 13.6 Å². The number of halogens is 2. The molecule has 1 aromatic rings. The lowest BCUT2D eigenvalue weighted by Crippen LogP contribution is -2.00. The number of carbonyl (C=O) groups is 1. The number of hydrogen-bond donors (Lipinski definition) is 0. The minimum absolute atomic E-state index is 0.0296. The molecule has 2 atom stereocenters. The Kier molecular flexibility index (Phi) is 2.55. The van der Waals surface area contributed by atoms with Gasteiger partial charge in [-0.25, -0.2) is 8.78 Å². The number of hydrogen-bond acceptors (Lipinski definition) is 1. The van der Waals surface area contributed by atoms with Crippen molar-refractivity contribution < 1.29 is 13.6 Å². The molecule has 0 saturated heterocycles. The molecule has 0 spiro atoms. The average molecular weight is 210 g/mol. The van der Waals surface area contributed by atoms with Gasteiger partial charge in [0.25, 0.3) is 0 Å². The average Bonchev–Trinajstić information content (AvgIpc) is 2.96. The molecule has 1 fully saturated rings. The SMILES string of the molecule is CCC(=O)C1CC1c1ccc(F)cc1F. The molecule has 80 valence electrons. The molecule has 1 aliphatic carbocycles. The summed E-state index contributed by atoms with van der Waals surface area (Å²) in [5.74, 6) is -1.02.